The van der Waals surface area contributed by atoms with Gasteiger partial charge < -0.3 is 5.32 Å². The maximum absolute atomic E-state index is 13.4. The zero-order chi connectivity index (χ0) is 24.9. The van der Waals surface area contributed by atoms with Crippen LogP contribution in [0.4, 0.5) is 5.69 Å². The molecule has 2 amide bonds. The Morgan fingerprint density at radius 3 is 2.53 bits per heavy atom. The van der Waals surface area contributed by atoms with E-state index in [9.17, 15) is 9.59 Å². The van der Waals surface area contributed by atoms with Gasteiger partial charge in [0.15, 0.2) is 5.17 Å². The number of hydrogen-bond acceptors (Lipinski definition) is 5. The van der Waals surface area contributed by atoms with E-state index in [2.05, 4.69) is 5.32 Å². The third-order valence-corrected chi connectivity index (χ3v) is 7.31. The van der Waals surface area contributed by atoms with Crippen molar-refractivity contribution in [3.05, 3.63) is 101 Å². The standard InChI is InChI=1S/C28H25ClN4O2S/c29-21-12-10-20(11-13-21)18-36-28-32-23-9-5-4-8-22(23)26-31-24(27(35)33(26)28)14-15-25(34)30-17-16-19-6-2-1-3-7-19/h1-13,24H,14-18H2,(H,30,34)/t24-/m1/s1. The van der Waals surface area contributed by atoms with Crippen LogP contribution in [0, 0.1) is 0 Å². The van der Waals surface area contributed by atoms with Gasteiger partial charge >= 0.3 is 0 Å². The molecule has 182 valence electrons. The van der Waals surface area contributed by atoms with E-state index in [1.165, 1.54) is 17.3 Å². The van der Waals surface area contributed by atoms with E-state index in [4.69, 9.17) is 21.6 Å². The molecule has 1 N–H and O–H groups in total. The van der Waals surface area contributed by atoms with Crippen LogP contribution in [0.2, 0.25) is 5.02 Å². The van der Waals surface area contributed by atoms with E-state index in [-0.39, 0.29) is 18.2 Å². The van der Waals surface area contributed by atoms with Crippen molar-refractivity contribution in [2.75, 3.05) is 6.54 Å². The van der Waals surface area contributed by atoms with Crippen molar-refractivity contribution in [2.24, 2.45) is 9.98 Å². The Morgan fingerprint density at radius 1 is 0.972 bits per heavy atom. The molecule has 1 atom stereocenters. The highest BCUT2D eigenvalue weighted by molar-refractivity contribution is 8.13. The van der Waals surface area contributed by atoms with Crippen LogP contribution in [0.5, 0.6) is 0 Å². The summed E-state index contributed by atoms with van der Waals surface area (Å²) in [6.07, 6.45) is 1.36. The van der Waals surface area contributed by atoms with E-state index in [1.807, 2.05) is 78.9 Å². The second-order valence-corrected chi connectivity index (χ2v) is 9.97. The minimum Gasteiger partial charge on any atom is -0.356 e. The summed E-state index contributed by atoms with van der Waals surface area (Å²) in [4.78, 5) is 37.0. The summed E-state index contributed by atoms with van der Waals surface area (Å²) in [5, 5.41) is 4.23. The third-order valence-electron chi connectivity index (χ3n) is 6.05. The maximum atomic E-state index is 13.4. The maximum Gasteiger partial charge on any atom is 0.259 e. The predicted octanol–water partition coefficient (Wildman–Crippen LogP) is 5.37. The van der Waals surface area contributed by atoms with Crippen molar-refractivity contribution in [3.8, 4) is 0 Å². The van der Waals surface area contributed by atoms with Crippen LogP contribution < -0.4 is 5.32 Å². The highest BCUT2D eigenvalue weighted by Crippen LogP contribution is 2.35. The smallest absolute Gasteiger partial charge is 0.259 e. The lowest BCUT2D eigenvalue weighted by atomic mass is 10.1. The van der Waals surface area contributed by atoms with Crippen LogP contribution in [0.3, 0.4) is 0 Å². The first-order chi connectivity index (χ1) is 17.6. The number of thioether (sulfide) groups is 1. The topological polar surface area (TPSA) is 74.1 Å². The zero-order valence-electron chi connectivity index (χ0n) is 19.6. The van der Waals surface area contributed by atoms with E-state index >= 15 is 0 Å². The number of aliphatic imine (C=N–C) groups is 2. The molecule has 3 aromatic carbocycles. The van der Waals surface area contributed by atoms with Crippen molar-refractivity contribution in [1.29, 1.82) is 0 Å². The van der Waals surface area contributed by atoms with E-state index in [0.717, 1.165) is 23.2 Å². The lowest BCUT2D eigenvalue weighted by molar-refractivity contribution is -0.125. The van der Waals surface area contributed by atoms with Crippen LogP contribution in [0.1, 0.15) is 29.5 Å². The minimum absolute atomic E-state index is 0.0739. The van der Waals surface area contributed by atoms with Gasteiger partial charge in [0.1, 0.15) is 11.9 Å². The Kier molecular flexibility index (Phi) is 7.49. The van der Waals surface area contributed by atoms with E-state index in [0.29, 0.717) is 34.7 Å². The Balaban J connectivity index is 1.24. The summed E-state index contributed by atoms with van der Waals surface area (Å²) in [5.41, 5.74) is 3.88. The first-order valence-electron chi connectivity index (χ1n) is 11.9. The number of halogens is 1. The molecule has 36 heavy (non-hydrogen) atoms. The van der Waals surface area contributed by atoms with Crippen molar-refractivity contribution in [3.63, 3.8) is 0 Å². The molecule has 8 heteroatoms. The lowest BCUT2D eigenvalue weighted by Gasteiger charge is -2.25. The monoisotopic (exact) mass is 516 g/mol. The van der Waals surface area contributed by atoms with Crippen molar-refractivity contribution < 1.29 is 9.59 Å². The molecule has 5 rings (SSSR count). The molecule has 0 unspecified atom stereocenters. The number of fused-ring (bicyclic) bond motifs is 3. The number of amidine groups is 2. The molecule has 0 fully saturated rings. The molecule has 0 spiro atoms. The van der Waals surface area contributed by atoms with E-state index in [1.54, 1.807) is 4.90 Å². The Bertz CT molecular complexity index is 1320. The largest absolute Gasteiger partial charge is 0.356 e. The summed E-state index contributed by atoms with van der Waals surface area (Å²) in [7, 11) is 0. The molecular formula is C28H25ClN4O2S. The molecule has 0 aliphatic carbocycles. The number of nitrogens with zero attached hydrogens (tertiary/aromatic N) is 3. The molecule has 0 aromatic heterocycles. The van der Waals surface area contributed by atoms with Gasteiger partial charge in [-0.3, -0.25) is 14.6 Å². The normalized spacial score (nSPS) is 16.2. The summed E-state index contributed by atoms with van der Waals surface area (Å²) in [6.45, 7) is 0.563. The second-order valence-electron chi connectivity index (χ2n) is 8.59. The zero-order valence-corrected chi connectivity index (χ0v) is 21.1. The number of hydrogen-bond donors (Lipinski definition) is 1. The third kappa shape index (κ3) is 5.53. The molecule has 2 heterocycles. The highest BCUT2D eigenvalue weighted by atomic mass is 35.5. The van der Waals surface area contributed by atoms with Crippen LogP contribution in [0.25, 0.3) is 0 Å². The second kappa shape index (κ2) is 11.1. The van der Waals surface area contributed by atoms with Crippen LogP contribution in [-0.4, -0.2) is 40.3 Å². The number of carbonyl (C=O) groups excluding carboxylic acids is 2. The SMILES string of the molecule is O=C(CC[C@H]1N=C2c3ccccc3N=C(SCc3ccc(Cl)cc3)N2C1=O)NCCc1ccccc1. The molecule has 3 aromatic rings. The van der Waals surface area contributed by atoms with Gasteiger partial charge in [0.25, 0.3) is 5.91 Å². The van der Waals surface area contributed by atoms with Gasteiger partial charge in [0.2, 0.25) is 5.91 Å². The van der Waals surface area contributed by atoms with Gasteiger partial charge in [-0.25, -0.2) is 9.89 Å². The van der Waals surface area contributed by atoms with Gasteiger partial charge in [-0.05, 0) is 48.2 Å². The molecule has 0 radical (unpaired) electrons. The fraction of sp³-hybridized carbons (Fsp3) is 0.214. The number of benzene rings is 3. The molecule has 0 bridgehead atoms. The van der Waals surface area contributed by atoms with Crippen molar-refractivity contribution >= 4 is 51.9 Å². The number of carbonyl (C=O) groups is 2. The van der Waals surface area contributed by atoms with Gasteiger partial charge in [-0.2, -0.15) is 0 Å². The number of amides is 2. The highest BCUT2D eigenvalue weighted by Gasteiger charge is 2.41. The summed E-state index contributed by atoms with van der Waals surface area (Å²) in [5.74, 6) is 1.04. The van der Waals surface area contributed by atoms with Gasteiger partial charge in [0, 0.05) is 29.3 Å². The molecule has 0 saturated heterocycles. The Labute approximate surface area is 219 Å². The molecule has 2 aliphatic heterocycles. The Morgan fingerprint density at radius 2 is 1.72 bits per heavy atom. The van der Waals surface area contributed by atoms with Gasteiger partial charge in [-0.15, -0.1) is 0 Å². The predicted molar refractivity (Wildman–Crippen MR) is 146 cm³/mol. The number of para-hydroxylation sites is 1. The number of nitrogens with one attached hydrogen (secondary N) is 1. The fourth-order valence-corrected chi connectivity index (χ4v) is 5.25. The first-order valence-corrected chi connectivity index (χ1v) is 13.2. The quantitative estimate of drug-likeness (QED) is 0.437. The molecule has 0 saturated carbocycles. The average molecular weight is 517 g/mol. The van der Waals surface area contributed by atoms with Crippen LogP contribution in [0.15, 0.2) is 88.8 Å². The van der Waals surface area contributed by atoms with Crippen molar-refractivity contribution in [1.82, 2.24) is 10.2 Å². The Hall–Kier alpha value is -3.42. The summed E-state index contributed by atoms with van der Waals surface area (Å²) >= 11 is 7.49. The molecular weight excluding hydrogens is 492 g/mol. The summed E-state index contributed by atoms with van der Waals surface area (Å²) in [6, 6.07) is 24.7. The van der Waals surface area contributed by atoms with Gasteiger partial charge in [0.05, 0.1) is 5.69 Å². The molecule has 6 nitrogen and oxygen atoms in total. The van der Waals surface area contributed by atoms with E-state index < -0.39 is 6.04 Å². The minimum atomic E-state index is -0.604. The fourth-order valence-electron chi connectivity index (χ4n) is 4.16. The molecule has 2 aliphatic rings. The average Bonchev–Trinajstić information content (AvgIpc) is 3.24. The summed E-state index contributed by atoms with van der Waals surface area (Å²) < 4.78 is 0. The van der Waals surface area contributed by atoms with Crippen LogP contribution in [-0.2, 0) is 21.8 Å². The van der Waals surface area contributed by atoms with Crippen molar-refractivity contribution in [2.45, 2.75) is 31.1 Å². The van der Waals surface area contributed by atoms with Gasteiger partial charge in [-0.1, -0.05) is 78.0 Å². The lowest BCUT2D eigenvalue weighted by Crippen LogP contribution is -2.41. The number of rotatable bonds is 8. The van der Waals surface area contributed by atoms with Crippen LogP contribution >= 0.6 is 23.4 Å². The first kappa shape index (κ1) is 24.3.